The number of halogens is 1. The maximum absolute atomic E-state index is 12.7. The highest BCUT2D eigenvalue weighted by atomic mass is 35.5. The van der Waals surface area contributed by atoms with Gasteiger partial charge < -0.3 is 4.74 Å². The lowest BCUT2D eigenvalue weighted by Crippen LogP contribution is -2.59. The number of rotatable bonds is 1. The molecular formula is C16H27ClO2. The van der Waals surface area contributed by atoms with Crippen molar-refractivity contribution in [3.05, 3.63) is 0 Å². The Bertz CT molecular complexity index is 353. The van der Waals surface area contributed by atoms with Crippen LogP contribution in [-0.4, -0.2) is 23.4 Å². The first-order chi connectivity index (χ1) is 9.02. The molecule has 19 heavy (non-hydrogen) atoms. The van der Waals surface area contributed by atoms with Crippen LogP contribution in [0.4, 0.5) is 0 Å². The third kappa shape index (κ3) is 2.06. The number of alkyl halides is 1. The van der Waals surface area contributed by atoms with Crippen molar-refractivity contribution in [2.45, 2.75) is 71.5 Å². The van der Waals surface area contributed by atoms with Gasteiger partial charge in [-0.3, -0.25) is 4.79 Å². The van der Waals surface area contributed by atoms with Crippen molar-refractivity contribution in [1.29, 1.82) is 0 Å². The number of ketones is 1. The number of carbonyl (C=O) groups excluding carboxylic acids is 1. The van der Waals surface area contributed by atoms with Crippen molar-refractivity contribution in [2.75, 3.05) is 5.88 Å². The predicted molar refractivity (Wildman–Crippen MR) is 78.5 cm³/mol. The summed E-state index contributed by atoms with van der Waals surface area (Å²) in [4.78, 5) is 12.7. The highest BCUT2D eigenvalue weighted by Crippen LogP contribution is 2.60. The first-order valence-corrected chi connectivity index (χ1v) is 8.34. The van der Waals surface area contributed by atoms with Gasteiger partial charge in [-0.2, -0.15) is 0 Å². The summed E-state index contributed by atoms with van der Waals surface area (Å²) in [5, 5.41) is 0. The van der Waals surface area contributed by atoms with E-state index in [1.807, 2.05) is 13.8 Å². The van der Waals surface area contributed by atoms with Crippen LogP contribution in [0.25, 0.3) is 0 Å². The molecule has 1 saturated heterocycles. The molecule has 2 aliphatic carbocycles. The fourth-order valence-corrected chi connectivity index (χ4v) is 4.61. The normalized spacial score (nSPS) is 48.3. The van der Waals surface area contributed by atoms with Crippen LogP contribution in [0.2, 0.25) is 0 Å². The quantitative estimate of drug-likeness (QED) is 0.676. The molecule has 110 valence electrons. The average molecular weight is 287 g/mol. The van der Waals surface area contributed by atoms with Crippen LogP contribution >= 0.6 is 11.6 Å². The molecule has 2 bridgehead atoms. The standard InChI is InChI=1S/C14H21ClO2.C2H6/c1-9-10-3-5-13(2)6-4-11(8-15)12(16)14(13,7-10)17-9;1-2/h9-11H,3-8H2,1-2H3;1-2H3/t9?,10?,11?,13-,14?;/m1./s1. The molecule has 3 fully saturated rings. The van der Waals surface area contributed by atoms with Crippen molar-refractivity contribution in [3.8, 4) is 0 Å². The summed E-state index contributed by atoms with van der Waals surface area (Å²) in [5.41, 5.74) is -0.430. The molecule has 0 N–H and O–H groups in total. The van der Waals surface area contributed by atoms with Crippen LogP contribution in [0.3, 0.4) is 0 Å². The Kier molecular flexibility index (Phi) is 4.32. The maximum Gasteiger partial charge on any atom is 0.169 e. The topological polar surface area (TPSA) is 26.3 Å². The van der Waals surface area contributed by atoms with Gasteiger partial charge in [0.05, 0.1) is 6.10 Å². The molecule has 4 unspecified atom stereocenters. The van der Waals surface area contributed by atoms with Gasteiger partial charge in [-0.15, -0.1) is 11.6 Å². The number of hydrogen-bond donors (Lipinski definition) is 0. The second-order valence-corrected chi connectivity index (χ2v) is 6.78. The van der Waals surface area contributed by atoms with Gasteiger partial charge in [0, 0.05) is 17.2 Å². The monoisotopic (exact) mass is 286 g/mol. The fraction of sp³-hybridized carbons (Fsp3) is 0.938. The van der Waals surface area contributed by atoms with E-state index in [9.17, 15) is 4.79 Å². The molecule has 5 atom stereocenters. The lowest BCUT2D eigenvalue weighted by Gasteiger charge is -2.52. The van der Waals surface area contributed by atoms with Gasteiger partial charge in [0.15, 0.2) is 5.78 Å². The molecule has 3 rings (SSSR count). The lowest BCUT2D eigenvalue weighted by molar-refractivity contribution is -0.175. The van der Waals surface area contributed by atoms with E-state index in [1.54, 1.807) is 0 Å². The summed E-state index contributed by atoms with van der Waals surface area (Å²) >= 11 is 5.94. The fourth-order valence-electron chi connectivity index (χ4n) is 4.31. The Hall–Kier alpha value is -0.0800. The van der Waals surface area contributed by atoms with E-state index >= 15 is 0 Å². The van der Waals surface area contributed by atoms with Crippen LogP contribution in [0, 0.1) is 17.3 Å². The number of Topliss-reactive ketones (excluding diaryl/α,β-unsaturated/α-hetero) is 1. The Morgan fingerprint density at radius 2 is 1.95 bits per heavy atom. The maximum atomic E-state index is 12.7. The van der Waals surface area contributed by atoms with E-state index in [1.165, 1.54) is 6.42 Å². The molecule has 0 aromatic heterocycles. The van der Waals surface area contributed by atoms with Gasteiger partial charge in [0.25, 0.3) is 0 Å². The smallest absolute Gasteiger partial charge is 0.169 e. The minimum absolute atomic E-state index is 0.0220. The van der Waals surface area contributed by atoms with Gasteiger partial charge in [-0.1, -0.05) is 20.8 Å². The first kappa shape index (κ1) is 15.3. The van der Waals surface area contributed by atoms with E-state index in [-0.39, 0.29) is 17.4 Å². The highest BCUT2D eigenvalue weighted by molar-refractivity contribution is 6.19. The number of carbonyl (C=O) groups is 1. The first-order valence-electron chi connectivity index (χ1n) is 7.80. The van der Waals surface area contributed by atoms with Gasteiger partial charge in [-0.05, 0) is 44.9 Å². The van der Waals surface area contributed by atoms with Crippen LogP contribution in [0.5, 0.6) is 0 Å². The van der Waals surface area contributed by atoms with Crippen molar-refractivity contribution < 1.29 is 9.53 Å². The SMILES string of the molecule is CC.CC1OC23CC1CC[C@]2(C)CCC(CCl)C3=O. The molecule has 2 saturated carbocycles. The number of fused-ring (bicyclic) bond motifs is 1. The van der Waals surface area contributed by atoms with E-state index in [2.05, 4.69) is 13.8 Å². The molecule has 0 aromatic carbocycles. The van der Waals surface area contributed by atoms with Crippen LogP contribution in [0.1, 0.15) is 59.8 Å². The third-order valence-corrected chi connectivity index (χ3v) is 6.01. The zero-order valence-corrected chi connectivity index (χ0v) is 13.4. The van der Waals surface area contributed by atoms with Crippen LogP contribution in [-0.2, 0) is 9.53 Å². The van der Waals surface area contributed by atoms with E-state index in [0.717, 1.165) is 25.7 Å². The van der Waals surface area contributed by atoms with Crippen molar-refractivity contribution in [3.63, 3.8) is 0 Å². The Balaban J connectivity index is 0.000000637. The summed E-state index contributed by atoms with van der Waals surface area (Å²) in [6.45, 7) is 8.38. The molecule has 3 aliphatic rings. The molecule has 2 nitrogen and oxygen atoms in total. The van der Waals surface area contributed by atoms with E-state index < -0.39 is 5.60 Å². The second kappa shape index (κ2) is 5.37. The number of hydrogen-bond acceptors (Lipinski definition) is 2. The molecule has 3 heteroatoms. The summed E-state index contributed by atoms with van der Waals surface area (Å²) in [6.07, 6.45) is 5.59. The zero-order valence-electron chi connectivity index (χ0n) is 12.7. The minimum Gasteiger partial charge on any atom is -0.363 e. The van der Waals surface area contributed by atoms with Crippen molar-refractivity contribution >= 4 is 17.4 Å². The number of ether oxygens (including phenoxy) is 1. The minimum atomic E-state index is -0.493. The highest BCUT2D eigenvalue weighted by Gasteiger charge is 2.65. The van der Waals surface area contributed by atoms with Gasteiger partial charge in [0.1, 0.15) is 5.60 Å². The average Bonchev–Trinajstić information content (AvgIpc) is 2.71. The predicted octanol–water partition coefficient (Wildman–Crippen LogP) is 4.19. The zero-order chi connectivity index (χ0) is 14.3. The molecule has 1 heterocycles. The van der Waals surface area contributed by atoms with Gasteiger partial charge in [0.2, 0.25) is 0 Å². The Labute approximate surface area is 122 Å². The largest absolute Gasteiger partial charge is 0.363 e. The van der Waals surface area contributed by atoms with Crippen LogP contribution < -0.4 is 0 Å². The third-order valence-electron chi connectivity index (χ3n) is 5.64. The molecular weight excluding hydrogens is 260 g/mol. The summed E-state index contributed by atoms with van der Waals surface area (Å²) in [5.74, 6) is 1.36. The summed E-state index contributed by atoms with van der Waals surface area (Å²) in [6, 6.07) is 0. The Morgan fingerprint density at radius 3 is 2.58 bits per heavy atom. The van der Waals surface area contributed by atoms with Crippen molar-refractivity contribution in [1.82, 2.24) is 0 Å². The van der Waals surface area contributed by atoms with Crippen LogP contribution in [0.15, 0.2) is 0 Å². The summed E-state index contributed by atoms with van der Waals surface area (Å²) < 4.78 is 6.22. The second-order valence-electron chi connectivity index (χ2n) is 6.47. The molecule has 1 spiro atoms. The van der Waals surface area contributed by atoms with E-state index in [4.69, 9.17) is 16.3 Å². The lowest BCUT2D eigenvalue weighted by atomic mass is 9.54. The molecule has 0 radical (unpaired) electrons. The molecule has 0 aromatic rings. The molecule has 0 amide bonds. The molecule has 1 aliphatic heterocycles. The Morgan fingerprint density at radius 1 is 1.32 bits per heavy atom. The van der Waals surface area contributed by atoms with Gasteiger partial charge >= 0.3 is 0 Å². The summed E-state index contributed by atoms with van der Waals surface area (Å²) in [7, 11) is 0. The van der Waals surface area contributed by atoms with Crippen molar-refractivity contribution in [2.24, 2.45) is 17.3 Å². The van der Waals surface area contributed by atoms with Gasteiger partial charge in [-0.25, -0.2) is 0 Å². The van der Waals surface area contributed by atoms with E-state index in [0.29, 0.717) is 17.6 Å².